The quantitative estimate of drug-likeness (QED) is 0.627. The maximum Gasteiger partial charge on any atom is 0.243 e. The van der Waals surface area contributed by atoms with Crippen LogP contribution in [0.25, 0.3) is 5.65 Å². The third-order valence-electron chi connectivity index (χ3n) is 4.61. The summed E-state index contributed by atoms with van der Waals surface area (Å²) in [5.41, 5.74) is 2.00. The van der Waals surface area contributed by atoms with Crippen LogP contribution in [0.5, 0.6) is 0 Å². The molecule has 0 radical (unpaired) electrons. The first-order valence-corrected chi connectivity index (χ1v) is 9.94. The number of ketones is 1. The lowest BCUT2D eigenvalue weighted by Crippen LogP contribution is -2.33. The van der Waals surface area contributed by atoms with Crippen LogP contribution in [0.3, 0.4) is 0 Å². The molecule has 26 heavy (non-hydrogen) atoms. The van der Waals surface area contributed by atoms with Crippen molar-refractivity contribution < 1.29 is 13.2 Å². The van der Waals surface area contributed by atoms with Crippen LogP contribution >= 0.6 is 0 Å². The Morgan fingerprint density at radius 3 is 2.77 bits per heavy atom. The fraction of sp³-hybridized carbons (Fsp3) is 0.263. The zero-order valence-corrected chi connectivity index (χ0v) is 15.2. The van der Waals surface area contributed by atoms with Crippen LogP contribution in [0, 0.1) is 0 Å². The molecule has 0 spiro atoms. The summed E-state index contributed by atoms with van der Waals surface area (Å²) >= 11 is 0. The van der Waals surface area contributed by atoms with Gasteiger partial charge >= 0.3 is 0 Å². The number of Topliss-reactive ketones (excluding diaryl/α,β-unsaturated/α-hetero) is 1. The number of pyridine rings is 1. The largest absolute Gasteiger partial charge is 0.303 e. The van der Waals surface area contributed by atoms with Gasteiger partial charge in [-0.25, -0.2) is 13.4 Å². The van der Waals surface area contributed by atoms with Crippen molar-refractivity contribution in [2.24, 2.45) is 0 Å². The van der Waals surface area contributed by atoms with Gasteiger partial charge < -0.3 is 4.40 Å². The average molecular weight is 369 g/mol. The van der Waals surface area contributed by atoms with Gasteiger partial charge in [0.2, 0.25) is 10.0 Å². The van der Waals surface area contributed by atoms with E-state index >= 15 is 0 Å². The van der Waals surface area contributed by atoms with Gasteiger partial charge in [0.15, 0.2) is 5.78 Å². The van der Waals surface area contributed by atoms with Crippen molar-refractivity contribution in [2.75, 3.05) is 0 Å². The Morgan fingerprint density at radius 1 is 1.23 bits per heavy atom. The summed E-state index contributed by atoms with van der Waals surface area (Å²) < 4.78 is 29.9. The average Bonchev–Trinajstić information content (AvgIpc) is 3.40. The van der Waals surface area contributed by atoms with Gasteiger partial charge in [0.05, 0.1) is 23.3 Å². The van der Waals surface area contributed by atoms with E-state index < -0.39 is 10.0 Å². The number of imidazole rings is 1. The highest BCUT2D eigenvalue weighted by Gasteiger charge is 2.38. The lowest BCUT2D eigenvalue weighted by atomic mass is 10.2. The molecular weight excluding hydrogens is 350 g/mol. The monoisotopic (exact) mass is 369 g/mol. The molecule has 1 fully saturated rings. The Balaban J connectivity index is 1.72. The van der Waals surface area contributed by atoms with E-state index in [2.05, 4.69) is 4.98 Å². The van der Waals surface area contributed by atoms with Crippen molar-refractivity contribution in [3.05, 3.63) is 66.1 Å². The fourth-order valence-corrected chi connectivity index (χ4v) is 4.75. The van der Waals surface area contributed by atoms with Crippen molar-refractivity contribution in [2.45, 2.75) is 37.2 Å². The Labute approximate surface area is 152 Å². The molecule has 6 nitrogen and oxygen atoms in total. The molecule has 0 aliphatic heterocycles. The summed E-state index contributed by atoms with van der Waals surface area (Å²) in [5, 5.41) is 0. The fourth-order valence-electron chi connectivity index (χ4n) is 3.05. The van der Waals surface area contributed by atoms with Crippen LogP contribution in [0.4, 0.5) is 0 Å². The second kappa shape index (κ2) is 6.34. The molecule has 1 aliphatic rings. The van der Waals surface area contributed by atoms with Crippen molar-refractivity contribution in [1.29, 1.82) is 0 Å². The summed E-state index contributed by atoms with van der Waals surface area (Å²) in [6.07, 6.45) is 5.29. The highest BCUT2D eigenvalue weighted by molar-refractivity contribution is 7.89. The topological polar surface area (TPSA) is 71.8 Å². The molecule has 7 heteroatoms. The maximum absolute atomic E-state index is 13.2. The second-order valence-electron chi connectivity index (χ2n) is 6.54. The summed E-state index contributed by atoms with van der Waals surface area (Å²) in [5.74, 6) is -0.151. The molecule has 1 aliphatic carbocycles. The molecule has 2 heterocycles. The standard InChI is InChI=1S/C19H19N3O3S/c1-14(23)15-5-4-6-18(11-15)26(24,25)22(16-8-9-16)13-17-12-20-19-7-2-3-10-21(17)19/h2-7,10-12,16H,8-9,13H2,1H3. The van der Waals surface area contributed by atoms with E-state index in [0.717, 1.165) is 24.2 Å². The molecule has 0 N–H and O–H groups in total. The molecule has 3 aromatic rings. The Morgan fingerprint density at radius 2 is 2.04 bits per heavy atom. The van der Waals surface area contributed by atoms with Crippen molar-refractivity contribution in [3.8, 4) is 0 Å². The highest BCUT2D eigenvalue weighted by Crippen LogP contribution is 2.33. The van der Waals surface area contributed by atoms with Crippen LogP contribution in [-0.2, 0) is 16.6 Å². The molecule has 1 aromatic carbocycles. The third-order valence-corrected chi connectivity index (χ3v) is 6.51. The number of carbonyl (C=O) groups is 1. The van der Waals surface area contributed by atoms with Gasteiger partial charge in [-0.1, -0.05) is 18.2 Å². The number of rotatable bonds is 6. The SMILES string of the molecule is CC(=O)c1cccc(S(=O)(=O)N(Cc2cnc3ccccn23)C2CC2)c1. The van der Waals surface area contributed by atoms with Crippen LogP contribution in [0.1, 0.15) is 35.8 Å². The number of sulfonamides is 1. The van der Waals surface area contributed by atoms with Crippen LogP contribution in [0.2, 0.25) is 0 Å². The molecule has 134 valence electrons. The van der Waals surface area contributed by atoms with Gasteiger partial charge in [-0.05, 0) is 44.0 Å². The molecular formula is C19H19N3O3S. The summed E-state index contributed by atoms with van der Waals surface area (Å²) in [6, 6.07) is 11.9. The minimum atomic E-state index is -3.70. The van der Waals surface area contributed by atoms with E-state index in [4.69, 9.17) is 0 Å². The van der Waals surface area contributed by atoms with Gasteiger partial charge in [0.25, 0.3) is 0 Å². The van der Waals surface area contributed by atoms with Gasteiger partial charge in [-0.15, -0.1) is 0 Å². The molecule has 0 unspecified atom stereocenters. The lowest BCUT2D eigenvalue weighted by molar-refractivity contribution is 0.101. The minimum absolute atomic E-state index is 0.00440. The molecule has 0 bridgehead atoms. The van der Waals surface area contributed by atoms with Crippen LogP contribution in [-0.4, -0.2) is 33.9 Å². The predicted molar refractivity (Wildman–Crippen MR) is 97.4 cm³/mol. The first-order valence-electron chi connectivity index (χ1n) is 8.50. The number of carbonyl (C=O) groups excluding carboxylic acids is 1. The zero-order chi connectivity index (χ0) is 18.3. The lowest BCUT2D eigenvalue weighted by Gasteiger charge is -2.22. The van der Waals surface area contributed by atoms with E-state index in [-0.39, 0.29) is 23.3 Å². The van der Waals surface area contributed by atoms with E-state index in [1.54, 1.807) is 24.4 Å². The zero-order valence-electron chi connectivity index (χ0n) is 14.4. The third kappa shape index (κ3) is 3.04. The highest BCUT2D eigenvalue weighted by atomic mass is 32.2. The molecule has 2 aromatic heterocycles. The van der Waals surface area contributed by atoms with Gasteiger partial charge in [0, 0.05) is 17.8 Å². The summed E-state index contributed by atoms with van der Waals surface area (Å²) in [4.78, 5) is 16.1. The Hall–Kier alpha value is -2.51. The van der Waals surface area contributed by atoms with E-state index in [0.29, 0.717) is 5.56 Å². The molecule has 0 saturated heterocycles. The summed E-state index contributed by atoms with van der Waals surface area (Å²) in [7, 11) is -3.70. The number of aromatic nitrogens is 2. The van der Waals surface area contributed by atoms with Crippen molar-refractivity contribution >= 4 is 21.5 Å². The number of fused-ring (bicyclic) bond motifs is 1. The number of benzene rings is 1. The van der Waals surface area contributed by atoms with Crippen LogP contribution in [0.15, 0.2) is 59.8 Å². The maximum atomic E-state index is 13.2. The van der Waals surface area contributed by atoms with E-state index in [9.17, 15) is 13.2 Å². The Bertz CT molecular complexity index is 1080. The van der Waals surface area contributed by atoms with Crippen LogP contribution < -0.4 is 0 Å². The predicted octanol–water partition coefficient (Wildman–Crippen LogP) is 2.89. The number of nitrogens with zero attached hydrogens (tertiary/aromatic N) is 3. The van der Waals surface area contributed by atoms with Crippen molar-refractivity contribution in [3.63, 3.8) is 0 Å². The Kier molecular flexibility index (Phi) is 4.13. The molecule has 0 atom stereocenters. The molecule has 0 amide bonds. The first kappa shape index (κ1) is 16.9. The second-order valence-corrected chi connectivity index (χ2v) is 8.43. The smallest absolute Gasteiger partial charge is 0.243 e. The minimum Gasteiger partial charge on any atom is -0.303 e. The van der Waals surface area contributed by atoms with Gasteiger partial charge in [-0.3, -0.25) is 4.79 Å². The van der Waals surface area contributed by atoms with Gasteiger partial charge in [-0.2, -0.15) is 4.31 Å². The molecule has 4 rings (SSSR count). The normalized spacial score (nSPS) is 14.8. The number of hydrogen-bond acceptors (Lipinski definition) is 4. The number of hydrogen-bond donors (Lipinski definition) is 0. The van der Waals surface area contributed by atoms with E-state index in [1.807, 2.05) is 28.8 Å². The first-order chi connectivity index (χ1) is 12.5. The summed E-state index contributed by atoms with van der Waals surface area (Å²) in [6.45, 7) is 1.69. The van der Waals surface area contributed by atoms with E-state index in [1.165, 1.54) is 17.3 Å². The van der Waals surface area contributed by atoms with Gasteiger partial charge in [0.1, 0.15) is 5.65 Å². The van der Waals surface area contributed by atoms with Crippen molar-refractivity contribution in [1.82, 2.24) is 13.7 Å². The molecule has 1 saturated carbocycles.